The SMILES string of the molecule is CC[C@H](Cn1nnc2ccccc2c1=O)NC(=O)Nc1ccccc1-c1ccccc1. The normalized spacial score (nSPS) is 11.8. The average Bonchev–Trinajstić information content (AvgIpc) is 2.81. The van der Waals surface area contributed by atoms with Gasteiger partial charge in [-0.05, 0) is 30.2 Å². The van der Waals surface area contributed by atoms with Crippen molar-refractivity contribution in [3.63, 3.8) is 0 Å². The third kappa shape index (κ3) is 4.61. The molecule has 0 aliphatic heterocycles. The van der Waals surface area contributed by atoms with Crippen LogP contribution in [-0.4, -0.2) is 27.1 Å². The highest BCUT2D eigenvalue weighted by molar-refractivity contribution is 5.94. The van der Waals surface area contributed by atoms with Gasteiger partial charge in [0.15, 0.2) is 0 Å². The number of hydrogen-bond donors (Lipinski definition) is 2. The van der Waals surface area contributed by atoms with Crippen LogP contribution in [0.25, 0.3) is 22.0 Å². The molecule has 0 aliphatic rings. The number of rotatable bonds is 6. The highest BCUT2D eigenvalue weighted by Gasteiger charge is 2.15. The van der Waals surface area contributed by atoms with Crippen molar-refractivity contribution in [3.05, 3.63) is 89.2 Å². The Hall–Kier alpha value is -4.00. The lowest BCUT2D eigenvalue weighted by Crippen LogP contribution is -2.42. The lowest BCUT2D eigenvalue weighted by molar-refractivity contribution is 0.245. The summed E-state index contributed by atoms with van der Waals surface area (Å²) in [5.74, 6) is 0. The summed E-state index contributed by atoms with van der Waals surface area (Å²) in [4.78, 5) is 25.4. The van der Waals surface area contributed by atoms with E-state index in [4.69, 9.17) is 0 Å². The predicted octanol–water partition coefficient (Wildman–Crippen LogP) is 4.06. The topological polar surface area (TPSA) is 88.9 Å². The molecule has 1 aromatic heterocycles. The van der Waals surface area contributed by atoms with Gasteiger partial charge in [-0.15, -0.1) is 5.10 Å². The molecule has 0 radical (unpaired) electrons. The number of carbonyl (C=O) groups is 1. The molecule has 4 aromatic rings. The number of nitrogens with one attached hydrogen (secondary N) is 2. The van der Waals surface area contributed by atoms with Crippen LogP contribution in [0, 0.1) is 0 Å². The van der Waals surface area contributed by atoms with Crippen LogP contribution in [0.1, 0.15) is 13.3 Å². The maximum Gasteiger partial charge on any atom is 0.319 e. The van der Waals surface area contributed by atoms with Gasteiger partial charge in [-0.3, -0.25) is 4.79 Å². The number of urea groups is 1. The second kappa shape index (κ2) is 9.21. The quantitative estimate of drug-likeness (QED) is 0.499. The van der Waals surface area contributed by atoms with Gasteiger partial charge in [0, 0.05) is 5.56 Å². The summed E-state index contributed by atoms with van der Waals surface area (Å²) < 4.78 is 1.30. The zero-order chi connectivity index (χ0) is 21.6. The number of aromatic nitrogens is 3. The standard InChI is InChI=1S/C24H23N5O2/c1-2-18(16-29-23(30)20-13-7-9-15-22(20)27-28-29)25-24(31)26-21-14-8-6-12-19(21)17-10-4-3-5-11-17/h3-15,18H,2,16H2,1H3,(H2,25,26,31)/t18-/m1/s1. The molecule has 0 fully saturated rings. The van der Waals surface area contributed by atoms with Crippen molar-refractivity contribution < 1.29 is 4.79 Å². The van der Waals surface area contributed by atoms with E-state index in [1.165, 1.54) is 4.68 Å². The molecule has 7 nitrogen and oxygen atoms in total. The third-order valence-electron chi connectivity index (χ3n) is 5.11. The molecular formula is C24H23N5O2. The maximum absolute atomic E-state index is 12.7. The van der Waals surface area contributed by atoms with Crippen LogP contribution in [-0.2, 0) is 6.54 Å². The van der Waals surface area contributed by atoms with Crippen molar-refractivity contribution >= 4 is 22.6 Å². The van der Waals surface area contributed by atoms with Gasteiger partial charge in [0.1, 0.15) is 5.52 Å². The van der Waals surface area contributed by atoms with Crippen LogP contribution in [0.3, 0.4) is 0 Å². The van der Waals surface area contributed by atoms with E-state index in [1.54, 1.807) is 18.2 Å². The van der Waals surface area contributed by atoms with Crippen LogP contribution in [0.5, 0.6) is 0 Å². The Labute approximate surface area is 179 Å². The first-order valence-corrected chi connectivity index (χ1v) is 10.2. The summed E-state index contributed by atoms with van der Waals surface area (Å²) in [5.41, 5.74) is 3.00. The van der Waals surface area contributed by atoms with Gasteiger partial charge < -0.3 is 10.6 Å². The maximum atomic E-state index is 12.7. The fraction of sp³-hybridized carbons (Fsp3) is 0.167. The number of hydrogen-bond acceptors (Lipinski definition) is 4. The fourth-order valence-corrected chi connectivity index (χ4v) is 3.43. The second-order valence-corrected chi connectivity index (χ2v) is 7.21. The smallest absolute Gasteiger partial charge is 0.319 e. The van der Waals surface area contributed by atoms with Crippen LogP contribution in [0.15, 0.2) is 83.7 Å². The van der Waals surface area contributed by atoms with Crippen molar-refractivity contribution in [1.82, 2.24) is 20.3 Å². The molecule has 1 heterocycles. The minimum absolute atomic E-state index is 0.222. The summed E-state index contributed by atoms with van der Waals surface area (Å²) in [6, 6.07) is 24.0. The number of benzene rings is 3. The van der Waals surface area contributed by atoms with Crippen LogP contribution >= 0.6 is 0 Å². The highest BCUT2D eigenvalue weighted by Crippen LogP contribution is 2.27. The average molecular weight is 413 g/mol. The first-order chi connectivity index (χ1) is 15.2. The molecule has 31 heavy (non-hydrogen) atoms. The van der Waals surface area contributed by atoms with E-state index in [0.29, 0.717) is 23.0 Å². The van der Waals surface area contributed by atoms with Gasteiger partial charge >= 0.3 is 6.03 Å². The molecule has 2 amide bonds. The number of carbonyl (C=O) groups excluding carboxylic acids is 1. The Morgan fingerprint density at radius 2 is 1.68 bits per heavy atom. The summed E-state index contributed by atoms with van der Waals surface area (Å²) in [6.45, 7) is 2.18. The van der Waals surface area contributed by atoms with Gasteiger partial charge in [-0.2, -0.15) is 0 Å². The summed E-state index contributed by atoms with van der Waals surface area (Å²) in [6.07, 6.45) is 0.634. The second-order valence-electron chi connectivity index (χ2n) is 7.21. The van der Waals surface area contributed by atoms with E-state index in [-0.39, 0.29) is 24.2 Å². The highest BCUT2D eigenvalue weighted by atomic mass is 16.2. The zero-order valence-corrected chi connectivity index (χ0v) is 17.2. The Balaban J connectivity index is 1.49. The predicted molar refractivity (Wildman–Crippen MR) is 122 cm³/mol. The van der Waals surface area contributed by atoms with E-state index in [2.05, 4.69) is 20.9 Å². The summed E-state index contributed by atoms with van der Waals surface area (Å²) >= 11 is 0. The van der Waals surface area contributed by atoms with Gasteiger partial charge in [0.25, 0.3) is 5.56 Å². The number of anilines is 1. The minimum Gasteiger partial charge on any atom is -0.333 e. The molecule has 0 saturated carbocycles. The lowest BCUT2D eigenvalue weighted by Gasteiger charge is -2.19. The largest absolute Gasteiger partial charge is 0.333 e. The van der Waals surface area contributed by atoms with Crippen LogP contribution in [0.4, 0.5) is 10.5 Å². The number of fused-ring (bicyclic) bond motifs is 1. The first-order valence-electron chi connectivity index (χ1n) is 10.2. The Morgan fingerprint density at radius 3 is 2.48 bits per heavy atom. The van der Waals surface area contributed by atoms with Crippen LogP contribution in [0.2, 0.25) is 0 Å². The summed E-state index contributed by atoms with van der Waals surface area (Å²) in [5, 5.41) is 14.5. The fourth-order valence-electron chi connectivity index (χ4n) is 3.43. The molecule has 4 rings (SSSR count). The van der Waals surface area contributed by atoms with Gasteiger partial charge in [0.05, 0.1) is 23.7 Å². The molecule has 0 bridgehead atoms. The lowest BCUT2D eigenvalue weighted by atomic mass is 10.0. The molecular weight excluding hydrogens is 390 g/mol. The Bertz CT molecular complexity index is 1250. The molecule has 0 spiro atoms. The van der Waals surface area contributed by atoms with E-state index in [0.717, 1.165) is 11.1 Å². The molecule has 0 unspecified atom stereocenters. The van der Waals surface area contributed by atoms with Crippen LogP contribution < -0.4 is 16.2 Å². The van der Waals surface area contributed by atoms with Gasteiger partial charge in [-0.25, -0.2) is 9.48 Å². The Morgan fingerprint density at radius 1 is 0.968 bits per heavy atom. The molecule has 3 aromatic carbocycles. The van der Waals surface area contributed by atoms with E-state index in [9.17, 15) is 9.59 Å². The first kappa shape index (κ1) is 20.3. The van der Waals surface area contributed by atoms with E-state index >= 15 is 0 Å². The molecule has 7 heteroatoms. The molecule has 156 valence electrons. The number of para-hydroxylation sites is 1. The van der Waals surface area contributed by atoms with Gasteiger partial charge in [-0.1, -0.05) is 72.8 Å². The van der Waals surface area contributed by atoms with Crippen molar-refractivity contribution in [2.45, 2.75) is 25.9 Å². The monoisotopic (exact) mass is 413 g/mol. The van der Waals surface area contributed by atoms with Crippen molar-refractivity contribution in [2.24, 2.45) is 0 Å². The zero-order valence-electron chi connectivity index (χ0n) is 17.2. The van der Waals surface area contributed by atoms with Crippen molar-refractivity contribution in [3.8, 4) is 11.1 Å². The molecule has 1 atom stereocenters. The van der Waals surface area contributed by atoms with E-state index < -0.39 is 0 Å². The number of amides is 2. The molecule has 0 saturated heterocycles. The van der Waals surface area contributed by atoms with E-state index in [1.807, 2.05) is 67.6 Å². The molecule has 0 aliphatic carbocycles. The van der Waals surface area contributed by atoms with Crippen molar-refractivity contribution in [1.29, 1.82) is 0 Å². The van der Waals surface area contributed by atoms with Gasteiger partial charge in [0.2, 0.25) is 0 Å². The summed E-state index contributed by atoms with van der Waals surface area (Å²) in [7, 11) is 0. The number of nitrogens with zero attached hydrogens (tertiary/aromatic N) is 3. The Kier molecular flexibility index (Phi) is 6.03. The molecule has 2 N–H and O–H groups in total. The minimum atomic E-state index is -0.336. The third-order valence-corrected chi connectivity index (χ3v) is 5.11. The van der Waals surface area contributed by atoms with Crippen molar-refractivity contribution in [2.75, 3.05) is 5.32 Å².